The molecule has 162 valence electrons. The van der Waals surface area contributed by atoms with Gasteiger partial charge >= 0.3 is 0 Å². The SMILES string of the molecule is COCCN1C(=S)NC(c2ccccn2)C1c1cc(C)n(-c2cccc(C)c2C)c1C. The van der Waals surface area contributed by atoms with Crippen LogP contribution in [0.4, 0.5) is 0 Å². The number of aryl methyl sites for hydroxylation is 2. The Morgan fingerprint density at radius 1 is 1.10 bits per heavy atom. The number of aromatic nitrogens is 2. The molecule has 1 aliphatic heterocycles. The normalized spacial score (nSPS) is 18.5. The summed E-state index contributed by atoms with van der Waals surface area (Å²) in [5, 5.41) is 4.27. The fraction of sp³-hybridized carbons (Fsp3) is 0.360. The monoisotopic (exact) mass is 434 g/mol. The van der Waals surface area contributed by atoms with Crippen LogP contribution in [0.5, 0.6) is 0 Å². The van der Waals surface area contributed by atoms with Crippen molar-refractivity contribution in [2.24, 2.45) is 0 Å². The maximum atomic E-state index is 5.75. The molecule has 3 heterocycles. The fourth-order valence-electron chi connectivity index (χ4n) is 4.61. The Balaban J connectivity index is 1.84. The molecule has 2 aromatic heterocycles. The largest absolute Gasteiger partial charge is 0.383 e. The zero-order valence-electron chi connectivity index (χ0n) is 18.8. The second kappa shape index (κ2) is 8.81. The molecule has 6 heteroatoms. The number of thiocarbonyl (C=S) groups is 1. The van der Waals surface area contributed by atoms with Crippen molar-refractivity contribution in [1.29, 1.82) is 0 Å². The van der Waals surface area contributed by atoms with Gasteiger partial charge in [-0.3, -0.25) is 4.98 Å². The summed E-state index contributed by atoms with van der Waals surface area (Å²) in [5.41, 5.74) is 8.52. The lowest BCUT2D eigenvalue weighted by molar-refractivity contribution is 0.164. The third-order valence-electron chi connectivity index (χ3n) is 6.34. The molecule has 0 amide bonds. The molecule has 4 rings (SSSR count). The average molecular weight is 435 g/mol. The van der Waals surface area contributed by atoms with Gasteiger partial charge in [0.15, 0.2) is 5.11 Å². The second-order valence-electron chi connectivity index (χ2n) is 8.19. The van der Waals surface area contributed by atoms with Crippen molar-refractivity contribution in [3.8, 4) is 5.69 Å². The van der Waals surface area contributed by atoms with Gasteiger partial charge in [-0.2, -0.15) is 0 Å². The first-order valence-corrected chi connectivity index (χ1v) is 11.1. The number of hydrogen-bond donors (Lipinski definition) is 1. The van der Waals surface area contributed by atoms with Crippen LogP contribution in [-0.2, 0) is 4.74 Å². The van der Waals surface area contributed by atoms with Crippen molar-refractivity contribution in [2.45, 2.75) is 39.8 Å². The number of hydrogen-bond acceptors (Lipinski definition) is 3. The third-order valence-corrected chi connectivity index (χ3v) is 6.69. The molecule has 31 heavy (non-hydrogen) atoms. The lowest BCUT2D eigenvalue weighted by Gasteiger charge is -2.28. The molecule has 0 saturated carbocycles. The summed E-state index contributed by atoms with van der Waals surface area (Å²) >= 11 is 5.75. The maximum absolute atomic E-state index is 5.75. The molecule has 0 spiro atoms. The first-order valence-electron chi connectivity index (χ1n) is 10.7. The lowest BCUT2D eigenvalue weighted by atomic mass is 9.96. The zero-order valence-corrected chi connectivity index (χ0v) is 19.7. The van der Waals surface area contributed by atoms with Crippen LogP contribution in [0.2, 0.25) is 0 Å². The molecule has 1 fully saturated rings. The van der Waals surface area contributed by atoms with E-state index in [4.69, 9.17) is 17.0 Å². The number of rotatable bonds is 6. The van der Waals surface area contributed by atoms with E-state index in [9.17, 15) is 0 Å². The molecule has 0 radical (unpaired) electrons. The number of ether oxygens (including phenoxy) is 1. The number of benzene rings is 1. The highest BCUT2D eigenvalue weighted by Crippen LogP contribution is 2.41. The summed E-state index contributed by atoms with van der Waals surface area (Å²) in [6, 6.07) is 14.9. The van der Waals surface area contributed by atoms with Crippen molar-refractivity contribution < 1.29 is 4.74 Å². The Morgan fingerprint density at radius 3 is 2.61 bits per heavy atom. The van der Waals surface area contributed by atoms with E-state index in [1.54, 1.807) is 7.11 Å². The Bertz CT molecular complexity index is 1090. The maximum Gasteiger partial charge on any atom is 0.170 e. The van der Waals surface area contributed by atoms with Gasteiger partial charge < -0.3 is 19.5 Å². The number of nitrogens with one attached hydrogen (secondary N) is 1. The van der Waals surface area contributed by atoms with Crippen LogP contribution in [0.25, 0.3) is 5.69 Å². The molecule has 1 N–H and O–H groups in total. The minimum atomic E-state index is -0.0156. The van der Waals surface area contributed by atoms with Gasteiger partial charge in [-0.15, -0.1) is 0 Å². The molecule has 5 nitrogen and oxygen atoms in total. The van der Waals surface area contributed by atoms with E-state index in [1.165, 1.54) is 33.8 Å². The van der Waals surface area contributed by atoms with E-state index >= 15 is 0 Å². The molecule has 1 aromatic carbocycles. The lowest BCUT2D eigenvalue weighted by Crippen LogP contribution is -2.32. The predicted octanol–water partition coefficient (Wildman–Crippen LogP) is 4.72. The van der Waals surface area contributed by atoms with Gasteiger partial charge in [-0.25, -0.2) is 0 Å². The Hall–Kier alpha value is -2.70. The number of pyridine rings is 1. The quantitative estimate of drug-likeness (QED) is 0.569. The predicted molar refractivity (Wildman–Crippen MR) is 129 cm³/mol. The van der Waals surface area contributed by atoms with Crippen molar-refractivity contribution in [1.82, 2.24) is 19.8 Å². The van der Waals surface area contributed by atoms with Crippen LogP contribution >= 0.6 is 12.2 Å². The molecule has 1 saturated heterocycles. The highest BCUT2D eigenvalue weighted by molar-refractivity contribution is 7.80. The number of methoxy groups -OCH3 is 1. The van der Waals surface area contributed by atoms with Crippen LogP contribution in [0.3, 0.4) is 0 Å². The fourth-order valence-corrected chi connectivity index (χ4v) is 4.94. The highest BCUT2D eigenvalue weighted by atomic mass is 32.1. The van der Waals surface area contributed by atoms with Crippen LogP contribution in [-0.4, -0.2) is 39.8 Å². The van der Waals surface area contributed by atoms with Crippen LogP contribution in [0.1, 0.15) is 45.9 Å². The molecule has 3 aromatic rings. The first-order chi connectivity index (χ1) is 14.9. The van der Waals surface area contributed by atoms with Crippen LogP contribution < -0.4 is 5.32 Å². The van der Waals surface area contributed by atoms with Gasteiger partial charge in [0, 0.05) is 36.9 Å². The van der Waals surface area contributed by atoms with Gasteiger partial charge in [-0.1, -0.05) is 18.2 Å². The van der Waals surface area contributed by atoms with E-state index in [0.29, 0.717) is 6.61 Å². The average Bonchev–Trinajstić information content (AvgIpc) is 3.24. The zero-order chi connectivity index (χ0) is 22.1. The topological polar surface area (TPSA) is 42.3 Å². The van der Waals surface area contributed by atoms with Gasteiger partial charge in [-0.05, 0) is 80.9 Å². The summed E-state index contributed by atoms with van der Waals surface area (Å²) in [4.78, 5) is 6.89. The van der Waals surface area contributed by atoms with Crippen LogP contribution in [0, 0.1) is 27.7 Å². The number of nitrogens with zero attached hydrogens (tertiary/aromatic N) is 3. The molecular weight excluding hydrogens is 404 g/mol. The van der Waals surface area contributed by atoms with E-state index < -0.39 is 0 Å². The first kappa shape index (κ1) is 21.5. The molecular formula is C25H30N4OS. The molecule has 0 aliphatic carbocycles. The minimum Gasteiger partial charge on any atom is -0.383 e. The van der Waals surface area contributed by atoms with Gasteiger partial charge in [0.1, 0.15) is 0 Å². The summed E-state index contributed by atoms with van der Waals surface area (Å²) < 4.78 is 7.75. The standard InChI is InChI=1S/C25H30N4OS/c1-16-9-8-11-22(18(16)3)29-17(2)15-20(19(29)4)24-23(21-10-6-7-12-26-21)27-25(31)28(24)13-14-30-5/h6-12,15,23-24H,13-14H2,1-5H3,(H,27,31). The summed E-state index contributed by atoms with van der Waals surface area (Å²) in [7, 11) is 1.73. The van der Waals surface area contributed by atoms with E-state index in [2.05, 4.69) is 77.8 Å². The van der Waals surface area contributed by atoms with Crippen molar-refractivity contribution in [3.05, 3.63) is 82.4 Å². The third kappa shape index (κ3) is 3.86. The van der Waals surface area contributed by atoms with Crippen molar-refractivity contribution in [2.75, 3.05) is 20.3 Å². The minimum absolute atomic E-state index is 0.0156. The molecule has 2 unspecified atom stereocenters. The van der Waals surface area contributed by atoms with Gasteiger partial charge in [0.25, 0.3) is 0 Å². The summed E-state index contributed by atoms with van der Waals surface area (Å²) in [6.07, 6.45) is 1.84. The van der Waals surface area contributed by atoms with Crippen molar-refractivity contribution in [3.63, 3.8) is 0 Å². The molecule has 1 aliphatic rings. The summed E-state index contributed by atoms with van der Waals surface area (Å²) in [5.74, 6) is 0. The Labute approximate surface area is 190 Å². The second-order valence-corrected chi connectivity index (χ2v) is 8.58. The Morgan fingerprint density at radius 2 is 1.90 bits per heavy atom. The Kier molecular flexibility index (Phi) is 6.12. The molecule has 0 bridgehead atoms. The smallest absolute Gasteiger partial charge is 0.170 e. The van der Waals surface area contributed by atoms with Gasteiger partial charge in [0.2, 0.25) is 0 Å². The van der Waals surface area contributed by atoms with Crippen molar-refractivity contribution >= 4 is 17.3 Å². The van der Waals surface area contributed by atoms with E-state index in [1.807, 2.05) is 18.3 Å². The van der Waals surface area contributed by atoms with E-state index in [-0.39, 0.29) is 12.1 Å². The highest BCUT2D eigenvalue weighted by Gasteiger charge is 2.41. The molecule has 2 atom stereocenters. The van der Waals surface area contributed by atoms with E-state index in [0.717, 1.165) is 17.4 Å². The van der Waals surface area contributed by atoms with Crippen LogP contribution in [0.15, 0.2) is 48.7 Å². The van der Waals surface area contributed by atoms with Gasteiger partial charge in [0.05, 0.1) is 24.4 Å². The summed E-state index contributed by atoms with van der Waals surface area (Å²) in [6.45, 7) is 10.1.